The van der Waals surface area contributed by atoms with Gasteiger partial charge in [0.05, 0.1) is 13.0 Å². The number of nitrogens with zero attached hydrogens (tertiary/aromatic N) is 2. The average molecular weight is 255 g/mol. The van der Waals surface area contributed by atoms with Crippen molar-refractivity contribution in [3.8, 4) is 0 Å². The molecule has 0 rings (SSSR count). The summed E-state index contributed by atoms with van der Waals surface area (Å²) in [7, 11) is 3.12. The van der Waals surface area contributed by atoms with Crippen molar-refractivity contribution in [1.29, 1.82) is 0 Å². The second kappa shape index (κ2) is 7.50. The van der Waals surface area contributed by atoms with Crippen molar-refractivity contribution in [2.45, 2.75) is 19.0 Å². The lowest BCUT2D eigenvalue weighted by molar-refractivity contribution is -0.141. The number of rotatable bonds is 7. The van der Waals surface area contributed by atoms with Crippen molar-refractivity contribution in [3.63, 3.8) is 0 Å². The summed E-state index contributed by atoms with van der Waals surface area (Å²) in [6, 6.07) is 0. The lowest BCUT2D eigenvalue weighted by Crippen LogP contribution is -2.38. The minimum Gasteiger partial charge on any atom is -0.345 e. The fourth-order valence-electron chi connectivity index (χ4n) is 1.20. The maximum atomic E-state index is 11.9. The summed E-state index contributed by atoms with van der Waals surface area (Å²) in [4.78, 5) is 14.4. The molecule has 7 heteroatoms. The molecule has 0 saturated heterocycles. The molecule has 0 aliphatic carbocycles. The number of amides is 1. The molecule has 1 amide bonds. The summed E-state index contributed by atoms with van der Waals surface area (Å²) in [5, 5.41) is 0. The van der Waals surface area contributed by atoms with Gasteiger partial charge in [-0.3, -0.25) is 9.69 Å². The van der Waals surface area contributed by atoms with E-state index in [0.29, 0.717) is 19.5 Å². The molecule has 0 aromatic carbocycles. The van der Waals surface area contributed by atoms with Gasteiger partial charge in [-0.25, -0.2) is 0 Å². The van der Waals surface area contributed by atoms with Gasteiger partial charge in [0, 0.05) is 20.1 Å². The van der Waals surface area contributed by atoms with Gasteiger partial charge in [0.15, 0.2) is 0 Å². The molecule has 17 heavy (non-hydrogen) atoms. The van der Waals surface area contributed by atoms with Crippen LogP contribution in [0.4, 0.5) is 13.2 Å². The van der Waals surface area contributed by atoms with Crippen LogP contribution in [-0.4, -0.2) is 62.2 Å². The fourth-order valence-corrected chi connectivity index (χ4v) is 1.20. The predicted octanol–water partition coefficient (Wildman–Crippen LogP) is 0.678. The average Bonchev–Trinajstić information content (AvgIpc) is 2.22. The number of nitrogens with two attached hydrogens (primary N) is 1. The Balaban J connectivity index is 3.86. The molecule has 0 heterocycles. The van der Waals surface area contributed by atoms with Gasteiger partial charge < -0.3 is 10.6 Å². The van der Waals surface area contributed by atoms with E-state index in [9.17, 15) is 18.0 Å². The third-order valence-electron chi connectivity index (χ3n) is 2.31. The quantitative estimate of drug-likeness (QED) is 0.727. The summed E-state index contributed by atoms with van der Waals surface area (Å²) >= 11 is 0. The molecule has 0 fully saturated rings. The van der Waals surface area contributed by atoms with Crippen LogP contribution in [0.3, 0.4) is 0 Å². The molecule has 0 bridgehead atoms. The van der Waals surface area contributed by atoms with Gasteiger partial charge in [-0.15, -0.1) is 0 Å². The minimum absolute atomic E-state index is 0.00283. The van der Waals surface area contributed by atoms with E-state index in [1.165, 1.54) is 16.8 Å². The van der Waals surface area contributed by atoms with Crippen LogP contribution in [-0.2, 0) is 4.79 Å². The van der Waals surface area contributed by atoms with Gasteiger partial charge >= 0.3 is 6.18 Å². The van der Waals surface area contributed by atoms with Gasteiger partial charge in [-0.05, 0) is 20.0 Å². The molecule has 0 aliphatic heterocycles. The molecule has 0 spiro atoms. The summed E-state index contributed by atoms with van der Waals surface area (Å²) in [6.45, 7) is 0.848. The standard InChI is InChI=1S/C10H20F3N3O/c1-15(7-4-10(11,12)13)8-9(17)16(2)6-3-5-14/h3-8,14H2,1-2H3. The molecule has 0 aromatic heterocycles. The van der Waals surface area contributed by atoms with Crippen LogP contribution in [0.2, 0.25) is 0 Å². The molecule has 0 radical (unpaired) electrons. The Morgan fingerprint density at radius 3 is 2.29 bits per heavy atom. The highest BCUT2D eigenvalue weighted by molar-refractivity contribution is 5.77. The van der Waals surface area contributed by atoms with Crippen LogP contribution in [0, 0.1) is 0 Å². The van der Waals surface area contributed by atoms with E-state index < -0.39 is 12.6 Å². The van der Waals surface area contributed by atoms with E-state index in [-0.39, 0.29) is 19.0 Å². The lowest BCUT2D eigenvalue weighted by atomic mass is 10.3. The number of hydrogen-bond donors (Lipinski definition) is 1. The molecular weight excluding hydrogens is 235 g/mol. The molecule has 0 saturated carbocycles. The molecule has 4 nitrogen and oxygen atoms in total. The third kappa shape index (κ3) is 8.93. The number of alkyl halides is 3. The summed E-state index contributed by atoms with van der Waals surface area (Å²) in [5.41, 5.74) is 5.30. The first kappa shape index (κ1) is 16.2. The van der Waals surface area contributed by atoms with Gasteiger partial charge in [-0.2, -0.15) is 13.2 Å². The number of halogens is 3. The fraction of sp³-hybridized carbons (Fsp3) is 0.900. The SMILES string of the molecule is CN(CCC(F)(F)F)CC(=O)N(C)CCCN. The summed E-state index contributed by atoms with van der Waals surface area (Å²) in [6.07, 6.45) is -4.39. The zero-order chi connectivity index (χ0) is 13.5. The first-order valence-electron chi connectivity index (χ1n) is 5.45. The second-order valence-electron chi connectivity index (χ2n) is 4.06. The van der Waals surface area contributed by atoms with E-state index in [1.807, 2.05) is 0 Å². The Morgan fingerprint density at radius 1 is 1.24 bits per heavy atom. The molecule has 0 unspecified atom stereocenters. The summed E-state index contributed by atoms with van der Waals surface area (Å²) < 4.78 is 35.8. The second-order valence-corrected chi connectivity index (χ2v) is 4.06. The first-order valence-corrected chi connectivity index (χ1v) is 5.45. The van der Waals surface area contributed by atoms with Crippen molar-refractivity contribution in [2.75, 3.05) is 40.3 Å². The van der Waals surface area contributed by atoms with Gasteiger partial charge in [0.25, 0.3) is 0 Å². The predicted molar refractivity (Wildman–Crippen MR) is 59.5 cm³/mol. The Labute approximate surface area is 99.5 Å². The zero-order valence-corrected chi connectivity index (χ0v) is 10.3. The van der Waals surface area contributed by atoms with E-state index in [2.05, 4.69) is 0 Å². The highest BCUT2D eigenvalue weighted by atomic mass is 19.4. The lowest BCUT2D eigenvalue weighted by Gasteiger charge is -2.22. The van der Waals surface area contributed by atoms with Crippen LogP contribution in [0.15, 0.2) is 0 Å². The van der Waals surface area contributed by atoms with Gasteiger partial charge in [0.2, 0.25) is 5.91 Å². The summed E-state index contributed by atoms with van der Waals surface area (Å²) in [5.74, 6) is -0.192. The van der Waals surface area contributed by atoms with Crippen molar-refractivity contribution < 1.29 is 18.0 Å². The van der Waals surface area contributed by atoms with E-state index in [1.54, 1.807) is 7.05 Å². The first-order chi connectivity index (χ1) is 7.76. The van der Waals surface area contributed by atoms with Crippen molar-refractivity contribution in [2.24, 2.45) is 5.73 Å². The Bertz CT molecular complexity index is 233. The number of likely N-dealkylation sites (N-methyl/N-ethyl adjacent to an activating group) is 2. The highest BCUT2D eigenvalue weighted by Crippen LogP contribution is 2.19. The van der Waals surface area contributed by atoms with Crippen molar-refractivity contribution in [3.05, 3.63) is 0 Å². The van der Waals surface area contributed by atoms with Gasteiger partial charge in [0.1, 0.15) is 0 Å². The highest BCUT2D eigenvalue weighted by Gasteiger charge is 2.27. The van der Waals surface area contributed by atoms with Crippen LogP contribution in [0.1, 0.15) is 12.8 Å². The molecule has 0 aromatic rings. The molecular formula is C10H20F3N3O. The molecule has 102 valence electrons. The maximum Gasteiger partial charge on any atom is 0.390 e. The Kier molecular flexibility index (Phi) is 7.13. The largest absolute Gasteiger partial charge is 0.390 e. The Morgan fingerprint density at radius 2 is 1.82 bits per heavy atom. The van der Waals surface area contributed by atoms with Crippen LogP contribution in [0.25, 0.3) is 0 Å². The third-order valence-corrected chi connectivity index (χ3v) is 2.31. The smallest absolute Gasteiger partial charge is 0.345 e. The number of carbonyl (C=O) groups is 1. The Hall–Kier alpha value is -0.820. The molecule has 0 atom stereocenters. The number of hydrogen-bond acceptors (Lipinski definition) is 3. The van der Waals surface area contributed by atoms with Crippen LogP contribution in [0.5, 0.6) is 0 Å². The maximum absolute atomic E-state index is 11.9. The number of carbonyl (C=O) groups excluding carboxylic acids is 1. The van der Waals surface area contributed by atoms with E-state index in [0.717, 1.165) is 0 Å². The van der Waals surface area contributed by atoms with E-state index >= 15 is 0 Å². The van der Waals surface area contributed by atoms with Crippen LogP contribution < -0.4 is 5.73 Å². The minimum atomic E-state index is -4.18. The topological polar surface area (TPSA) is 49.6 Å². The molecule has 0 aliphatic rings. The van der Waals surface area contributed by atoms with Gasteiger partial charge in [-0.1, -0.05) is 0 Å². The van der Waals surface area contributed by atoms with Crippen LogP contribution >= 0.6 is 0 Å². The normalized spacial score (nSPS) is 11.9. The van der Waals surface area contributed by atoms with Crippen molar-refractivity contribution >= 4 is 5.91 Å². The van der Waals surface area contributed by atoms with E-state index in [4.69, 9.17) is 5.73 Å². The molecule has 2 N–H and O–H groups in total. The zero-order valence-electron chi connectivity index (χ0n) is 10.3. The van der Waals surface area contributed by atoms with Crippen molar-refractivity contribution in [1.82, 2.24) is 9.80 Å². The monoisotopic (exact) mass is 255 g/mol.